The van der Waals surface area contributed by atoms with E-state index in [0.29, 0.717) is 11.8 Å². The van der Waals surface area contributed by atoms with E-state index in [0.717, 1.165) is 38.6 Å². The van der Waals surface area contributed by atoms with Crippen molar-refractivity contribution in [2.45, 2.75) is 70.4 Å². The fraction of sp³-hybridized carbons (Fsp3) is 0.667. The van der Waals surface area contributed by atoms with Gasteiger partial charge < -0.3 is 10.0 Å². The van der Waals surface area contributed by atoms with Crippen molar-refractivity contribution in [2.24, 2.45) is 11.3 Å². The van der Waals surface area contributed by atoms with E-state index in [9.17, 15) is 9.90 Å². The highest BCUT2D eigenvalue weighted by molar-refractivity contribution is 5.81. The molecule has 2 saturated carbocycles. The van der Waals surface area contributed by atoms with Crippen LogP contribution in [0.5, 0.6) is 0 Å². The third kappa shape index (κ3) is 2.17. The molecule has 1 unspecified atom stereocenters. The van der Waals surface area contributed by atoms with Gasteiger partial charge in [-0.15, -0.1) is 0 Å². The van der Waals surface area contributed by atoms with E-state index in [-0.39, 0.29) is 17.2 Å². The Morgan fingerprint density at radius 3 is 2.29 bits per heavy atom. The highest BCUT2D eigenvalue weighted by atomic mass is 16.3. The molecular weight excluding hydrogens is 298 g/mol. The summed E-state index contributed by atoms with van der Waals surface area (Å²) in [6, 6.07) is 8.96. The Labute approximate surface area is 145 Å². The van der Waals surface area contributed by atoms with Gasteiger partial charge >= 0.3 is 0 Å². The van der Waals surface area contributed by atoms with Crippen molar-refractivity contribution in [3.8, 4) is 0 Å². The predicted octanol–water partition coefficient (Wildman–Crippen LogP) is 4.02. The fourth-order valence-corrected chi connectivity index (χ4v) is 4.76. The lowest BCUT2D eigenvalue weighted by Gasteiger charge is -2.69. The van der Waals surface area contributed by atoms with Crippen molar-refractivity contribution < 1.29 is 9.90 Å². The van der Waals surface area contributed by atoms with Crippen LogP contribution in [0.15, 0.2) is 24.3 Å². The van der Waals surface area contributed by atoms with Gasteiger partial charge in [0.05, 0.1) is 0 Å². The van der Waals surface area contributed by atoms with Crippen LogP contribution in [0.4, 0.5) is 0 Å². The molecule has 0 aromatic heterocycles. The minimum absolute atomic E-state index is 0.0756. The van der Waals surface area contributed by atoms with Crippen molar-refractivity contribution in [2.75, 3.05) is 6.54 Å². The Balaban J connectivity index is 1.40. The SMILES string of the molecule is CC(C)c1ccc(C2CC3(C2)CN(C(=O)C2CCC2)C3(C)O)cc1. The van der Waals surface area contributed by atoms with Gasteiger partial charge in [-0.05, 0) is 55.6 Å². The summed E-state index contributed by atoms with van der Waals surface area (Å²) < 4.78 is 0. The molecule has 24 heavy (non-hydrogen) atoms. The second-order valence-corrected chi connectivity index (χ2v) is 8.78. The average Bonchev–Trinajstić information content (AvgIpc) is 2.43. The number of carbonyl (C=O) groups is 1. The van der Waals surface area contributed by atoms with E-state index in [1.807, 2.05) is 6.92 Å². The van der Waals surface area contributed by atoms with Crippen LogP contribution in [0.25, 0.3) is 0 Å². The largest absolute Gasteiger partial charge is 0.370 e. The average molecular weight is 327 g/mol. The van der Waals surface area contributed by atoms with E-state index < -0.39 is 5.72 Å². The van der Waals surface area contributed by atoms with E-state index >= 15 is 0 Å². The molecule has 1 heterocycles. The molecule has 1 saturated heterocycles. The quantitative estimate of drug-likeness (QED) is 0.911. The minimum Gasteiger partial charge on any atom is -0.370 e. The standard InChI is InChI=1S/C21H29NO2/c1-14(2)15-7-9-16(10-8-15)18-11-21(12-18)13-22(20(21,3)24)19(23)17-5-4-6-17/h7-10,14,17-18,24H,4-6,11-13H2,1-3H3. The molecule has 0 bridgehead atoms. The van der Waals surface area contributed by atoms with Crippen LogP contribution >= 0.6 is 0 Å². The topological polar surface area (TPSA) is 40.5 Å². The molecule has 1 aromatic carbocycles. The number of hydrogen-bond donors (Lipinski definition) is 1. The lowest BCUT2D eigenvalue weighted by Crippen LogP contribution is -2.78. The Hall–Kier alpha value is -1.35. The van der Waals surface area contributed by atoms with Crippen LogP contribution in [0.3, 0.4) is 0 Å². The summed E-state index contributed by atoms with van der Waals surface area (Å²) in [5, 5.41) is 11.0. The summed E-state index contributed by atoms with van der Waals surface area (Å²) in [6.45, 7) is 7.03. The Morgan fingerprint density at radius 1 is 1.21 bits per heavy atom. The Kier molecular flexibility index (Phi) is 3.58. The van der Waals surface area contributed by atoms with Crippen molar-refractivity contribution in [1.29, 1.82) is 0 Å². The maximum atomic E-state index is 12.5. The number of carbonyl (C=O) groups excluding carboxylic acids is 1. The predicted molar refractivity (Wildman–Crippen MR) is 94.6 cm³/mol. The molecule has 1 aromatic rings. The summed E-state index contributed by atoms with van der Waals surface area (Å²) in [5.41, 5.74) is 1.73. The monoisotopic (exact) mass is 327 g/mol. The number of likely N-dealkylation sites (tertiary alicyclic amines) is 1. The van der Waals surface area contributed by atoms with Gasteiger partial charge in [-0.1, -0.05) is 44.5 Å². The molecule has 2 aliphatic carbocycles. The zero-order valence-corrected chi connectivity index (χ0v) is 15.1. The van der Waals surface area contributed by atoms with Gasteiger partial charge in [0.15, 0.2) is 0 Å². The van der Waals surface area contributed by atoms with Gasteiger partial charge in [0.25, 0.3) is 0 Å². The first kappa shape index (κ1) is 16.1. The minimum atomic E-state index is -0.950. The van der Waals surface area contributed by atoms with Crippen LogP contribution in [0.2, 0.25) is 0 Å². The van der Waals surface area contributed by atoms with Crippen molar-refractivity contribution in [3.05, 3.63) is 35.4 Å². The first-order chi connectivity index (χ1) is 11.3. The van der Waals surface area contributed by atoms with Crippen LogP contribution in [0.1, 0.15) is 75.8 Å². The number of amides is 1. The molecule has 1 aliphatic heterocycles. The second kappa shape index (κ2) is 5.32. The number of nitrogens with zero attached hydrogens (tertiary/aromatic N) is 1. The van der Waals surface area contributed by atoms with E-state index in [2.05, 4.69) is 38.1 Å². The van der Waals surface area contributed by atoms with E-state index in [1.165, 1.54) is 11.1 Å². The van der Waals surface area contributed by atoms with Gasteiger partial charge in [0.2, 0.25) is 5.91 Å². The smallest absolute Gasteiger partial charge is 0.227 e. The molecule has 130 valence electrons. The zero-order valence-electron chi connectivity index (χ0n) is 15.1. The highest BCUT2D eigenvalue weighted by Gasteiger charge is 2.68. The molecule has 3 aliphatic rings. The summed E-state index contributed by atoms with van der Waals surface area (Å²) in [5.74, 6) is 1.44. The van der Waals surface area contributed by atoms with Crippen LogP contribution in [-0.4, -0.2) is 28.2 Å². The molecule has 1 N–H and O–H groups in total. The van der Waals surface area contributed by atoms with E-state index in [1.54, 1.807) is 4.90 Å². The fourth-order valence-electron chi connectivity index (χ4n) is 4.76. The van der Waals surface area contributed by atoms with Crippen LogP contribution in [-0.2, 0) is 4.79 Å². The van der Waals surface area contributed by atoms with Gasteiger partial charge in [0.1, 0.15) is 5.72 Å². The first-order valence-electron chi connectivity index (χ1n) is 9.48. The number of hydrogen-bond acceptors (Lipinski definition) is 2. The third-order valence-electron chi connectivity index (χ3n) is 7.06. The lowest BCUT2D eigenvalue weighted by molar-refractivity contribution is -0.297. The number of rotatable bonds is 3. The normalized spacial score (nSPS) is 35.5. The third-order valence-corrected chi connectivity index (χ3v) is 7.06. The Bertz CT molecular complexity index is 636. The maximum Gasteiger partial charge on any atom is 0.227 e. The van der Waals surface area contributed by atoms with Gasteiger partial charge in [-0.3, -0.25) is 4.79 Å². The molecular formula is C21H29NO2. The van der Waals surface area contributed by atoms with Crippen molar-refractivity contribution >= 4 is 5.91 Å². The van der Waals surface area contributed by atoms with Crippen LogP contribution < -0.4 is 0 Å². The number of benzene rings is 1. The molecule has 3 nitrogen and oxygen atoms in total. The molecule has 1 amide bonds. The summed E-state index contributed by atoms with van der Waals surface area (Å²) in [6.07, 6.45) is 5.16. The molecule has 1 spiro atoms. The first-order valence-corrected chi connectivity index (χ1v) is 9.48. The molecule has 1 atom stereocenters. The zero-order chi connectivity index (χ0) is 17.1. The van der Waals surface area contributed by atoms with Gasteiger partial charge in [0, 0.05) is 17.9 Å². The molecule has 0 radical (unpaired) electrons. The van der Waals surface area contributed by atoms with Crippen molar-refractivity contribution in [1.82, 2.24) is 4.90 Å². The molecule has 3 heteroatoms. The summed E-state index contributed by atoms with van der Waals surface area (Å²) >= 11 is 0. The summed E-state index contributed by atoms with van der Waals surface area (Å²) in [4.78, 5) is 14.2. The lowest BCUT2D eigenvalue weighted by atomic mass is 9.50. The molecule has 3 fully saturated rings. The highest BCUT2D eigenvalue weighted by Crippen LogP contribution is 2.64. The number of aliphatic hydroxyl groups is 1. The maximum absolute atomic E-state index is 12.5. The van der Waals surface area contributed by atoms with Crippen LogP contribution in [0, 0.1) is 11.3 Å². The Morgan fingerprint density at radius 2 is 1.83 bits per heavy atom. The summed E-state index contributed by atoms with van der Waals surface area (Å²) in [7, 11) is 0. The van der Waals surface area contributed by atoms with E-state index in [4.69, 9.17) is 0 Å². The second-order valence-electron chi connectivity index (χ2n) is 8.78. The van der Waals surface area contributed by atoms with Gasteiger partial charge in [-0.25, -0.2) is 0 Å². The van der Waals surface area contributed by atoms with Gasteiger partial charge in [-0.2, -0.15) is 0 Å². The molecule has 4 rings (SSSR count). The van der Waals surface area contributed by atoms with Crippen molar-refractivity contribution in [3.63, 3.8) is 0 Å².